The lowest BCUT2D eigenvalue weighted by Gasteiger charge is -2.38. The maximum absolute atomic E-state index is 11.3. The number of hydrogen-bond acceptors (Lipinski definition) is 2. The summed E-state index contributed by atoms with van der Waals surface area (Å²) in [5, 5.41) is 9.27. The molecular weight excluding hydrogens is 202 g/mol. The lowest BCUT2D eigenvalue weighted by atomic mass is 9.85. The van der Waals surface area contributed by atoms with Crippen molar-refractivity contribution < 1.29 is 9.90 Å². The second kappa shape index (κ2) is 5.67. The molecule has 16 heavy (non-hydrogen) atoms. The lowest BCUT2D eigenvalue weighted by Crippen LogP contribution is -2.49. The minimum absolute atomic E-state index is 0.166. The van der Waals surface area contributed by atoms with Crippen LogP contribution in [0.3, 0.4) is 0 Å². The van der Waals surface area contributed by atoms with Crippen molar-refractivity contribution in [2.24, 2.45) is 11.8 Å². The van der Waals surface area contributed by atoms with Crippen LogP contribution in [0.5, 0.6) is 0 Å². The first kappa shape index (κ1) is 13.5. The van der Waals surface area contributed by atoms with Crippen LogP contribution in [-0.2, 0) is 4.79 Å². The van der Waals surface area contributed by atoms with Crippen molar-refractivity contribution in [1.29, 1.82) is 0 Å². The molecule has 0 radical (unpaired) electrons. The van der Waals surface area contributed by atoms with Crippen molar-refractivity contribution in [2.45, 2.75) is 58.5 Å². The molecule has 0 aromatic carbocycles. The van der Waals surface area contributed by atoms with Crippen molar-refractivity contribution in [3.8, 4) is 0 Å². The van der Waals surface area contributed by atoms with Gasteiger partial charge in [0.15, 0.2) is 0 Å². The fourth-order valence-corrected chi connectivity index (χ4v) is 2.93. The van der Waals surface area contributed by atoms with E-state index in [4.69, 9.17) is 0 Å². The minimum Gasteiger partial charge on any atom is -0.480 e. The van der Waals surface area contributed by atoms with E-state index >= 15 is 0 Å². The van der Waals surface area contributed by atoms with Gasteiger partial charge in [0.2, 0.25) is 0 Å². The molecule has 0 bridgehead atoms. The molecular formula is C13H25NO2. The quantitative estimate of drug-likeness (QED) is 0.802. The van der Waals surface area contributed by atoms with Gasteiger partial charge in [-0.25, -0.2) is 0 Å². The molecule has 0 saturated heterocycles. The second-order valence-corrected chi connectivity index (χ2v) is 5.62. The van der Waals surface area contributed by atoms with Crippen molar-refractivity contribution in [1.82, 2.24) is 4.90 Å². The molecule has 1 fully saturated rings. The number of carboxylic acid groups (broad SMARTS) is 1. The van der Waals surface area contributed by atoms with E-state index in [1.165, 1.54) is 12.8 Å². The summed E-state index contributed by atoms with van der Waals surface area (Å²) in [5.74, 6) is 0.221. The maximum atomic E-state index is 11.3. The van der Waals surface area contributed by atoms with Gasteiger partial charge in [0.1, 0.15) is 6.04 Å². The summed E-state index contributed by atoms with van der Waals surface area (Å²) in [6.45, 7) is 6.24. The summed E-state index contributed by atoms with van der Waals surface area (Å²) < 4.78 is 0. The summed E-state index contributed by atoms with van der Waals surface area (Å²) in [7, 11) is 1.97. The van der Waals surface area contributed by atoms with Crippen LogP contribution in [-0.4, -0.2) is 35.1 Å². The van der Waals surface area contributed by atoms with Gasteiger partial charge in [0.25, 0.3) is 0 Å². The molecule has 3 unspecified atom stereocenters. The Bertz CT molecular complexity index is 240. The Labute approximate surface area is 98.8 Å². The molecule has 94 valence electrons. The largest absolute Gasteiger partial charge is 0.480 e. The summed E-state index contributed by atoms with van der Waals surface area (Å²) >= 11 is 0. The zero-order valence-electron chi connectivity index (χ0n) is 10.9. The van der Waals surface area contributed by atoms with Crippen molar-refractivity contribution in [3.05, 3.63) is 0 Å². The molecule has 0 aliphatic heterocycles. The van der Waals surface area contributed by atoms with Crippen LogP contribution in [0.1, 0.15) is 46.5 Å². The second-order valence-electron chi connectivity index (χ2n) is 5.62. The first-order chi connectivity index (χ1) is 7.43. The van der Waals surface area contributed by atoms with Gasteiger partial charge in [-0.1, -0.05) is 33.6 Å². The van der Waals surface area contributed by atoms with E-state index in [0.717, 1.165) is 18.8 Å². The zero-order valence-corrected chi connectivity index (χ0v) is 10.9. The molecule has 0 amide bonds. The molecule has 1 rings (SSSR count). The smallest absolute Gasteiger partial charge is 0.321 e. The number of rotatable bonds is 4. The lowest BCUT2D eigenvalue weighted by molar-refractivity contribution is -0.145. The summed E-state index contributed by atoms with van der Waals surface area (Å²) in [5.41, 5.74) is 0. The predicted molar refractivity (Wildman–Crippen MR) is 65.4 cm³/mol. The van der Waals surface area contributed by atoms with Gasteiger partial charge in [-0.05, 0) is 31.7 Å². The molecule has 1 aliphatic carbocycles. The zero-order chi connectivity index (χ0) is 12.3. The van der Waals surface area contributed by atoms with Gasteiger partial charge in [0.05, 0.1) is 0 Å². The number of carboxylic acids is 1. The van der Waals surface area contributed by atoms with E-state index in [0.29, 0.717) is 6.04 Å². The van der Waals surface area contributed by atoms with E-state index in [9.17, 15) is 9.90 Å². The molecule has 3 atom stereocenters. The summed E-state index contributed by atoms with van der Waals surface area (Å²) in [6.07, 6.45) is 4.83. The van der Waals surface area contributed by atoms with Gasteiger partial charge < -0.3 is 5.11 Å². The third kappa shape index (κ3) is 3.21. The first-order valence-corrected chi connectivity index (χ1v) is 6.38. The van der Waals surface area contributed by atoms with Crippen LogP contribution in [0.4, 0.5) is 0 Å². The Balaban J connectivity index is 2.66. The van der Waals surface area contributed by atoms with Crippen LogP contribution >= 0.6 is 0 Å². The molecule has 3 heteroatoms. The van der Waals surface area contributed by atoms with Crippen LogP contribution in [0.2, 0.25) is 0 Å². The fraction of sp³-hybridized carbons (Fsp3) is 0.923. The average molecular weight is 227 g/mol. The van der Waals surface area contributed by atoms with Crippen LogP contribution in [0, 0.1) is 11.8 Å². The molecule has 1 saturated carbocycles. The van der Waals surface area contributed by atoms with Gasteiger partial charge in [-0.15, -0.1) is 0 Å². The third-order valence-electron chi connectivity index (χ3n) is 3.81. The van der Waals surface area contributed by atoms with E-state index in [2.05, 4.69) is 11.8 Å². The number of aliphatic carboxylic acids is 1. The SMILES string of the molecule is CC1CCCC(N(C)C(C(=O)O)C(C)C)C1. The third-order valence-corrected chi connectivity index (χ3v) is 3.81. The van der Waals surface area contributed by atoms with Crippen molar-refractivity contribution in [3.63, 3.8) is 0 Å². The van der Waals surface area contributed by atoms with Crippen molar-refractivity contribution in [2.75, 3.05) is 7.05 Å². The highest BCUT2D eigenvalue weighted by atomic mass is 16.4. The van der Waals surface area contributed by atoms with Crippen LogP contribution in [0.15, 0.2) is 0 Å². The normalized spacial score (nSPS) is 28.4. The number of nitrogens with zero attached hydrogens (tertiary/aromatic N) is 1. The molecule has 0 aromatic heterocycles. The maximum Gasteiger partial charge on any atom is 0.321 e. The van der Waals surface area contributed by atoms with Crippen molar-refractivity contribution >= 4 is 5.97 Å². The molecule has 3 nitrogen and oxygen atoms in total. The number of likely N-dealkylation sites (N-methyl/N-ethyl adjacent to an activating group) is 1. The first-order valence-electron chi connectivity index (χ1n) is 6.38. The van der Waals surface area contributed by atoms with E-state index in [1.807, 2.05) is 20.9 Å². The van der Waals surface area contributed by atoms with Gasteiger partial charge in [-0.3, -0.25) is 9.69 Å². The predicted octanol–water partition coefficient (Wildman–Crippen LogP) is 2.61. The van der Waals surface area contributed by atoms with Crippen LogP contribution in [0.25, 0.3) is 0 Å². The van der Waals surface area contributed by atoms with Crippen LogP contribution < -0.4 is 0 Å². The Morgan fingerprint density at radius 2 is 2.00 bits per heavy atom. The Morgan fingerprint density at radius 3 is 2.44 bits per heavy atom. The van der Waals surface area contributed by atoms with Gasteiger partial charge in [0, 0.05) is 6.04 Å². The highest BCUT2D eigenvalue weighted by Gasteiger charge is 2.32. The topological polar surface area (TPSA) is 40.5 Å². The Morgan fingerprint density at radius 1 is 1.38 bits per heavy atom. The standard InChI is InChI=1S/C13H25NO2/c1-9(2)12(13(15)16)14(4)11-7-5-6-10(3)8-11/h9-12H,5-8H2,1-4H3,(H,15,16). The highest BCUT2D eigenvalue weighted by molar-refractivity contribution is 5.73. The monoisotopic (exact) mass is 227 g/mol. The Hall–Kier alpha value is -0.570. The number of carbonyl (C=O) groups is 1. The average Bonchev–Trinajstić information content (AvgIpc) is 2.16. The molecule has 1 N–H and O–H groups in total. The van der Waals surface area contributed by atoms with E-state index < -0.39 is 5.97 Å². The molecule has 1 aliphatic rings. The van der Waals surface area contributed by atoms with Gasteiger partial charge >= 0.3 is 5.97 Å². The fourth-order valence-electron chi connectivity index (χ4n) is 2.93. The molecule has 0 aromatic rings. The molecule has 0 spiro atoms. The molecule has 0 heterocycles. The number of hydrogen-bond donors (Lipinski definition) is 1. The summed E-state index contributed by atoms with van der Waals surface area (Å²) in [4.78, 5) is 13.4. The van der Waals surface area contributed by atoms with E-state index in [-0.39, 0.29) is 12.0 Å². The van der Waals surface area contributed by atoms with E-state index in [1.54, 1.807) is 0 Å². The minimum atomic E-state index is -0.685. The van der Waals surface area contributed by atoms with Gasteiger partial charge in [-0.2, -0.15) is 0 Å². The summed E-state index contributed by atoms with van der Waals surface area (Å²) in [6, 6.07) is 0.113. The highest BCUT2D eigenvalue weighted by Crippen LogP contribution is 2.28. The Kier molecular flexibility index (Phi) is 4.78.